The Balaban J connectivity index is 1.56. The SMILES string of the molecule is CC(Sc1nnc(-c2ccccc2)n1N)C(=O)N1c2ccccc2CCC1C. The van der Waals surface area contributed by atoms with Gasteiger partial charge in [0, 0.05) is 17.3 Å². The number of nitrogen functional groups attached to an aromatic ring is 1. The summed E-state index contributed by atoms with van der Waals surface area (Å²) in [7, 11) is 0. The van der Waals surface area contributed by atoms with E-state index in [4.69, 9.17) is 5.84 Å². The minimum Gasteiger partial charge on any atom is -0.335 e. The highest BCUT2D eigenvalue weighted by Crippen LogP contribution is 2.33. The van der Waals surface area contributed by atoms with Gasteiger partial charge < -0.3 is 10.7 Å². The van der Waals surface area contributed by atoms with Crippen LogP contribution in [0.5, 0.6) is 0 Å². The number of rotatable bonds is 4. The number of anilines is 1. The summed E-state index contributed by atoms with van der Waals surface area (Å²) in [6.45, 7) is 4.00. The molecule has 2 atom stereocenters. The first-order valence-corrected chi connectivity index (χ1v) is 10.3. The van der Waals surface area contributed by atoms with Crippen LogP contribution >= 0.6 is 11.8 Å². The Kier molecular flexibility index (Phi) is 5.09. The smallest absolute Gasteiger partial charge is 0.240 e. The van der Waals surface area contributed by atoms with Gasteiger partial charge in [-0.05, 0) is 38.3 Å². The quantitative estimate of drug-likeness (QED) is 0.542. The van der Waals surface area contributed by atoms with Crippen LogP contribution in [0.1, 0.15) is 25.8 Å². The van der Waals surface area contributed by atoms with E-state index in [9.17, 15) is 4.79 Å². The molecule has 3 aromatic rings. The first kappa shape index (κ1) is 18.6. The van der Waals surface area contributed by atoms with Crippen molar-refractivity contribution in [2.45, 2.75) is 43.1 Å². The number of nitrogens with zero attached hydrogens (tertiary/aromatic N) is 4. The van der Waals surface area contributed by atoms with Gasteiger partial charge in [0.25, 0.3) is 0 Å². The first-order chi connectivity index (χ1) is 13.6. The summed E-state index contributed by atoms with van der Waals surface area (Å²) < 4.78 is 1.46. The molecule has 2 unspecified atom stereocenters. The van der Waals surface area contributed by atoms with Crippen molar-refractivity contribution in [3.63, 3.8) is 0 Å². The molecule has 0 fully saturated rings. The number of carbonyl (C=O) groups excluding carboxylic acids is 1. The van der Waals surface area contributed by atoms with Crippen LogP contribution in [0, 0.1) is 0 Å². The molecular weight excluding hydrogens is 370 g/mol. The molecule has 1 aliphatic rings. The molecule has 1 amide bonds. The van der Waals surface area contributed by atoms with Gasteiger partial charge in [-0.3, -0.25) is 4.79 Å². The van der Waals surface area contributed by atoms with Crippen LogP contribution in [0.15, 0.2) is 59.8 Å². The molecule has 0 saturated heterocycles. The fourth-order valence-corrected chi connectivity index (χ4v) is 4.39. The average molecular weight is 394 g/mol. The van der Waals surface area contributed by atoms with E-state index >= 15 is 0 Å². The maximum Gasteiger partial charge on any atom is 0.240 e. The number of thioether (sulfide) groups is 1. The lowest BCUT2D eigenvalue weighted by molar-refractivity contribution is -0.118. The molecule has 0 saturated carbocycles. The van der Waals surface area contributed by atoms with Crippen molar-refractivity contribution in [3.8, 4) is 11.4 Å². The van der Waals surface area contributed by atoms with Gasteiger partial charge in [0.2, 0.25) is 11.1 Å². The highest BCUT2D eigenvalue weighted by atomic mass is 32.2. The van der Waals surface area contributed by atoms with Crippen molar-refractivity contribution in [2.24, 2.45) is 0 Å². The summed E-state index contributed by atoms with van der Waals surface area (Å²) in [5.74, 6) is 6.86. The molecule has 28 heavy (non-hydrogen) atoms. The first-order valence-electron chi connectivity index (χ1n) is 9.40. The summed E-state index contributed by atoms with van der Waals surface area (Å²) in [6, 6.07) is 18.0. The molecule has 144 valence electrons. The van der Waals surface area contributed by atoms with Crippen LogP contribution in [0.25, 0.3) is 11.4 Å². The molecule has 1 aliphatic heterocycles. The van der Waals surface area contributed by atoms with E-state index in [1.807, 2.05) is 60.4 Å². The third-order valence-corrected chi connectivity index (χ3v) is 6.13. The highest BCUT2D eigenvalue weighted by Gasteiger charge is 2.32. The Bertz CT molecular complexity index is 987. The van der Waals surface area contributed by atoms with Gasteiger partial charge in [0.1, 0.15) is 0 Å². The summed E-state index contributed by atoms with van der Waals surface area (Å²) >= 11 is 1.34. The largest absolute Gasteiger partial charge is 0.335 e. The van der Waals surface area contributed by atoms with E-state index < -0.39 is 0 Å². The number of hydrogen-bond donors (Lipinski definition) is 1. The Hall–Kier alpha value is -2.80. The van der Waals surface area contributed by atoms with Crippen LogP contribution in [0.2, 0.25) is 0 Å². The molecule has 0 radical (unpaired) electrons. The van der Waals surface area contributed by atoms with Crippen molar-refractivity contribution in [2.75, 3.05) is 10.7 Å². The van der Waals surface area contributed by atoms with Gasteiger partial charge in [-0.15, -0.1) is 10.2 Å². The molecule has 0 spiro atoms. The fraction of sp³-hybridized carbons (Fsp3) is 0.286. The second-order valence-corrected chi connectivity index (χ2v) is 8.33. The van der Waals surface area contributed by atoms with Crippen LogP contribution < -0.4 is 10.7 Å². The Labute approximate surface area is 168 Å². The third kappa shape index (κ3) is 3.38. The minimum atomic E-state index is -0.330. The van der Waals surface area contributed by atoms with Gasteiger partial charge in [0.05, 0.1) is 5.25 Å². The van der Waals surface area contributed by atoms with Crippen LogP contribution in [0.4, 0.5) is 5.69 Å². The maximum atomic E-state index is 13.3. The standard InChI is InChI=1S/C21H23N5OS/c1-14-12-13-16-8-6-7-11-18(16)25(14)20(27)15(2)28-21-24-23-19(26(21)22)17-9-4-3-5-10-17/h3-11,14-15H,12-13,22H2,1-2H3. The summed E-state index contributed by atoms with van der Waals surface area (Å²) in [6.07, 6.45) is 1.96. The zero-order valence-corrected chi connectivity index (χ0v) is 16.8. The number of benzene rings is 2. The maximum absolute atomic E-state index is 13.3. The Morgan fingerprint density at radius 3 is 2.64 bits per heavy atom. The minimum absolute atomic E-state index is 0.0638. The lowest BCUT2D eigenvalue weighted by Gasteiger charge is -2.36. The molecule has 6 nitrogen and oxygen atoms in total. The molecule has 4 rings (SSSR count). The monoisotopic (exact) mass is 393 g/mol. The predicted octanol–water partition coefficient (Wildman–Crippen LogP) is 3.51. The molecular formula is C21H23N5OS. The van der Waals surface area contributed by atoms with Gasteiger partial charge in [0.15, 0.2) is 5.82 Å². The summed E-state index contributed by atoms with van der Waals surface area (Å²) in [5, 5.41) is 8.60. The number of amides is 1. The van der Waals surface area contributed by atoms with Gasteiger partial charge in [-0.25, -0.2) is 4.68 Å². The van der Waals surface area contributed by atoms with Gasteiger partial charge >= 0.3 is 0 Å². The molecule has 0 aliphatic carbocycles. The highest BCUT2D eigenvalue weighted by molar-refractivity contribution is 8.00. The average Bonchev–Trinajstić information content (AvgIpc) is 3.08. The van der Waals surface area contributed by atoms with Crippen molar-refractivity contribution >= 4 is 23.4 Å². The number of nitrogens with two attached hydrogens (primary N) is 1. The van der Waals surface area contributed by atoms with Crippen molar-refractivity contribution < 1.29 is 4.79 Å². The topological polar surface area (TPSA) is 77.0 Å². The summed E-state index contributed by atoms with van der Waals surface area (Å²) in [4.78, 5) is 15.2. The van der Waals surface area contributed by atoms with E-state index in [0.717, 1.165) is 24.1 Å². The van der Waals surface area contributed by atoms with E-state index in [-0.39, 0.29) is 17.2 Å². The number of hydrogen-bond acceptors (Lipinski definition) is 5. The number of aryl methyl sites for hydroxylation is 1. The third-order valence-electron chi connectivity index (χ3n) is 5.09. The number of para-hydroxylation sites is 1. The molecule has 2 heterocycles. The fourth-order valence-electron chi connectivity index (χ4n) is 3.57. The van der Waals surface area contributed by atoms with E-state index in [2.05, 4.69) is 23.2 Å². The molecule has 0 bridgehead atoms. The van der Waals surface area contributed by atoms with Crippen LogP contribution in [0.3, 0.4) is 0 Å². The van der Waals surface area contributed by atoms with Gasteiger partial charge in [-0.1, -0.05) is 60.3 Å². The van der Waals surface area contributed by atoms with Crippen LogP contribution in [-0.2, 0) is 11.2 Å². The number of aromatic nitrogens is 3. The van der Waals surface area contributed by atoms with E-state index in [1.54, 1.807) is 0 Å². The lowest BCUT2D eigenvalue weighted by Crippen LogP contribution is -2.45. The second kappa shape index (κ2) is 7.67. The molecule has 2 aromatic carbocycles. The molecule has 7 heteroatoms. The number of fused-ring (bicyclic) bond motifs is 1. The Morgan fingerprint density at radius 2 is 1.86 bits per heavy atom. The second-order valence-electron chi connectivity index (χ2n) is 7.03. The van der Waals surface area contributed by atoms with Crippen molar-refractivity contribution in [1.82, 2.24) is 14.9 Å². The van der Waals surface area contributed by atoms with E-state index in [1.165, 1.54) is 22.0 Å². The zero-order chi connectivity index (χ0) is 19.7. The zero-order valence-electron chi connectivity index (χ0n) is 15.9. The molecule has 1 aromatic heterocycles. The van der Waals surface area contributed by atoms with Crippen LogP contribution in [-0.4, -0.2) is 32.1 Å². The normalized spacial score (nSPS) is 17.2. The Morgan fingerprint density at radius 1 is 1.14 bits per heavy atom. The van der Waals surface area contributed by atoms with E-state index in [0.29, 0.717) is 11.0 Å². The number of carbonyl (C=O) groups is 1. The van der Waals surface area contributed by atoms with Crippen molar-refractivity contribution in [3.05, 3.63) is 60.2 Å². The van der Waals surface area contributed by atoms with Crippen molar-refractivity contribution in [1.29, 1.82) is 0 Å². The molecule has 2 N–H and O–H groups in total. The predicted molar refractivity (Wildman–Crippen MR) is 113 cm³/mol. The summed E-state index contributed by atoms with van der Waals surface area (Å²) in [5.41, 5.74) is 3.12. The van der Waals surface area contributed by atoms with Gasteiger partial charge in [-0.2, -0.15) is 0 Å². The lowest BCUT2D eigenvalue weighted by atomic mass is 9.96.